The number of hydrogen-bond acceptors (Lipinski definition) is 2. The van der Waals surface area contributed by atoms with Crippen LogP contribution in [0.4, 0.5) is 0 Å². The number of aryl methyl sites for hydroxylation is 4. The molecular formula is C86H61N5. The number of benzene rings is 13. The molecule has 0 saturated heterocycles. The molecule has 13 aromatic carbocycles. The lowest BCUT2D eigenvalue weighted by Crippen LogP contribution is -2.04. The summed E-state index contributed by atoms with van der Waals surface area (Å²) in [6.07, 6.45) is 0. The van der Waals surface area contributed by atoms with Crippen molar-refractivity contribution in [1.29, 1.82) is 0 Å². The molecule has 0 aliphatic heterocycles. The maximum absolute atomic E-state index is 5.55. The van der Waals surface area contributed by atoms with Crippen LogP contribution in [0.5, 0.6) is 0 Å². The van der Waals surface area contributed by atoms with Gasteiger partial charge in [0.25, 0.3) is 0 Å². The van der Waals surface area contributed by atoms with Crippen LogP contribution >= 0.6 is 0 Å². The summed E-state index contributed by atoms with van der Waals surface area (Å²) in [5.74, 6) is 0.636. The van der Waals surface area contributed by atoms with Gasteiger partial charge in [-0.3, -0.25) is 0 Å². The summed E-state index contributed by atoms with van der Waals surface area (Å²) >= 11 is 0. The Bertz CT molecular complexity index is 5240. The molecule has 5 nitrogen and oxygen atoms in total. The van der Waals surface area contributed by atoms with Gasteiger partial charge < -0.3 is 13.7 Å². The normalized spacial score (nSPS) is 11.7. The van der Waals surface area contributed by atoms with Gasteiger partial charge in [0, 0.05) is 71.5 Å². The molecule has 0 spiro atoms. The zero-order valence-electron chi connectivity index (χ0n) is 51.0. The van der Waals surface area contributed by atoms with Gasteiger partial charge in [-0.15, -0.1) is 0 Å². The summed E-state index contributed by atoms with van der Waals surface area (Å²) in [4.78, 5) is 11.1. The molecule has 0 atom stereocenters. The predicted octanol–water partition coefficient (Wildman–Crippen LogP) is 22.7. The van der Waals surface area contributed by atoms with Crippen molar-refractivity contribution in [3.8, 4) is 95.5 Å². The molecule has 0 saturated carbocycles. The first-order valence-electron chi connectivity index (χ1n) is 31.4. The quantitative estimate of drug-likeness (QED) is 0.137. The first kappa shape index (κ1) is 53.6. The molecule has 0 radical (unpaired) electrons. The molecule has 5 heteroatoms. The van der Waals surface area contributed by atoms with Crippen molar-refractivity contribution < 1.29 is 0 Å². The number of fused-ring (bicyclic) bond motifs is 9. The second-order valence-electron chi connectivity index (χ2n) is 24.5. The number of rotatable bonds is 10. The molecular weight excluding hydrogens is 1100 g/mol. The Morgan fingerprint density at radius 2 is 0.549 bits per heavy atom. The molecule has 0 bridgehead atoms. The summed E-state index contributed by atoms with van der Waals surface area (Å²) in [5.41, 5.74) is 28.7. The summed E-state index contributed by atoms with van der Waals surface area (Å²) < 4.78 is 7.35. The second kappa shape index (κ2) is 21.6. The highest BCUT2D eigenvalue weighted by Gasteiger charge is 2.25. The second-order valence-corrected chi connectivity index (χ2v) is 24.5. The third kappa shape index (κ3) is 9.24. The summed E-state index contributed by atoms with van der Waals surface area (Å²) in [6.45, 7) is 8.78. The highest BCUT2D eigenvalue weighted by molar-refractivity contribution is 6.14. The standard InChI is InChI=1S/C86H61N5/c1-54-43-55(2)46-64(45-54)62-35-41-83-75(49-62)76-50-63(65-47-56(3)44-57(4)48-65)36-42-84(76)91(83)85-73(58-31-37-67(38-32-58)89-79-27-15-11-23-69(79)70-24-12-16-28-80(70)89)51-66(86-87-77(60-19-7-5-8-20-60)53-78(88-86)61-21-9-6-10-22-61)52-74(85)59-33-39-68(40-34-59)90-81-29-17-13-25-71(81)72-26-14-18-30-82(72)90/h5-53H,1-4H3. The minimum Gasteiger partial charge on any atom is -0.309 e. The van der Waals surface area contributed by atoms with Crippen molar-refractivity contribution in [2.45, 2.75) is 27.7 Å². The maximum Gasteiger partial charge on any atom is 0.160 e. The van der Waals surface area contributed by atoms with Crippen molar-refractivity contribution in [1.82, 2.24) is 23.7 Å². The predicted molar refractivity (Wildman–Crippen MR) is 382 cm³/mol. The number of hydrogen-bond donors (Lipinski definition) is 0. The van der Waals surface area contributed by atoms with Gasteiger partial charge in [0.05, 0.1) is 50.2 Å². The van der Waals surface area contributed by atoms with E-state index in [9.17, 15) is 0 Å². The van der Waals surface area contributed by atoms with E-state index in [4.69, 9.17) is 9.97 Å². The van der Waals surface area contributed by atoms with Crippen LogP contribution in [0.1, 0.15) is 22.3 Å². The molecule has 91 heavy (non-hydrogen) atoms. The summed E-state index contributed by atoms with van der Waals surface area (Å²) in [5, 5.41) is 7.26. The van der Waals surface area contributed by atoms with Gasteiger partial charge in [-0.25, -0.2) is 9.97 Å². The SMILES string of the molecule is Cc1cc(C)cc(-c2ccc3c(c2)c2cc(-c4cc(C)cc(C)c4)ccc2n3-c2c(-c3ccc(-n4c5ccccc5c5ccccc54)cc3)cc(-c3nc(-c4ccccc4)cc(-c4ccccc4)n3)cc2-c2ccc(-n3c4ccccc4c4ccccc43)cc2)c1. The van der Waals surface area contributed by atoms with Gasteiger partial charge >= 0.3 is 0 Å². The first-order chi connectivity index (χ1) is 44.7. The van der Waals surface area contributed by atoms with E-state index in [1.165, 1.54) is 98.9 Å². The van der Waals surface area contributed by atoms with Gasteiger partial charge in [-0.2, -0.15) is 0 Å². The first-order valence-corrected chi connectivity index (χ1v) is 31.4. The monoisotopic (exact) mass is 1160 g/mol. The van der Waals surface area contributed by atoms with Crippen LogP contribution in [0, 0.1) is 27.7 Å². The van der Waals surface area contributed by atoms with E-state index < -0.39 is 0 Å². The fourth-order valence-electron chi connectivity index (χ4n) is 14.4. The van der Waals surface area contributed by atoms with Crippen LogP contribution in [0.2, 0.25) is 0 Å². The lowest BCUT2D eigenvalue weighted by molar-refractivity contribution is 1.16. The molecule has 0 aliphatic rings. The molecule has 17 rings (SSSR count). The molecule has 0 unspecified atom stereocenters. The molecule has 0 amide bonds. The highest BCUT2D eigenvalue weighted by atomic mass is 15.0. The van der Waals surface area contributed by atoms with Crippen LogP contribution < -0.4 is 0 Å². The largest absolute Gasteiger partial charge is 0.309 e. The van der Waals surface area contributed by atoms with Crippen molar-refractivity contribution in [3.05, 3.63) is 320 Å². The van der Waals surface area contributed by atoms with E-state index in [1.54, 1.807) is 0 Å². The Hall–Kier alpha value is -11.7. The topological polar surface area (TPSA) is 40.6 Å². The van der Waals surface area contributed by atoms with Crippen molar-refractivity contribution in [2.75, 3.05) is 0 Å². The van der Waals surface area contributed by atoms with Crippen LogP contribution in [-0.4, -0.2) is 23.7 Å². The average molecular weight is 1160 g/mol. The van der Waals surface area contributed by atoms with E-state index in [2.05, 4.69) is 339 Å². The summed E-state index contributed by atoms with van der Waals surface area (Å²) in [6, 6.07) is 109. The van der Waals surface area contributed by atoms with E-state index >= 15 is 0 Å². The van der Waals surface area contributed by atoms with E-state index in [-0.39, 0.29) is 0 Å². The van der Waals surface area contributed by atoms with E-state index in [1.807, 2.05) is 0 Å². The van der Waals surface area contributed by atoms with Gasteiger partial charge in [-0.1, -0.05) is 229 Å². The number of para-hydroxylation sites is 4. The Labute approximate surface area is 528 Å². The fourth-order valence-corrected chi connectivity index (χ4v) is 14.4. The highest BCUT2D eigenvalue weighted by Crippen LogP contribution is 2.47. The van der Waals surface area contributed by atoms with Crippen LogP contribution in [-0.2, 0) is 0 Å². The maximum atomic E-state index is 5.55. The third-order valence-corrected chi connectivity index (χ3v) is 18.4. The van der Waals surface area contributed by atoms with Gasteiger partial charge in [0.15, 0.2) is 5.82 Å². The van der Waals surface area contributed by atoms with Crippen LogP contribution in [0.15, 0.2) is 297 Å². The molecule has 4 heterocycles. The average Bonchev–Trinajstić information content (AvgIpc) is 1.60. The smallest absolute Gasteiger partial charge is 0.160 e. The Kier molecular flexibility index (Phi) is 12.7. The third-order valence-electron chi connectivity index (χ3n) is 18.4. The lowest BCUT2D eigenvalue weighted by Gasteiger charge is -2.22. The zero-order valence-corrected chi connectivity index (χ0v) is 51.0. The molecule has 0 fully saturated rings. The molecule has 0 N–H and O–H groups in total. The summed E-state index contributed by atoms with van der Waals surface area (Å²) in [7, 11) is 0. The number of nitrogens with zero attached hydrogens (tertiary/aromatic N) is 5. The minimum absolute atomic E-state index is 0.636. The zero-order chi connectivity index (χ0) is 60.8. The molecule has 17 aromatic rings. The van der Waals surface area contributed by atoms with Gasteiger partial charge in [-0.05, 0) is 152 Å². The van der Waals surface area contributed by atoms with Crippen LogP contribution in [0.25, 0.3) is 161 Å². The molecule has 0 aliphatic carbocycles. The van der Waals surface area contributed by atoms with Crippen molar-refractivity contribution >= 4 is 65.4 Å². The fraction of sp³-hybridized carbons (Fsp3) is 0.0465. The number of aromatic nitrogens is 5. The Morgan fingerprint density at radius 3 is 0.923 bits per heavy atom. The lowest BCUT2D eigenvalue weighted by atomic mass is 9.92. The van der Waals surface area contributed by atoms with Gasteiger partial charge in [0.2, 0.25) is 0 Å². The van der Waals surface area contributed by atoms with E-state index in [0.29, 0.717) is 5.82 Å². The minimum atomic E-state index is 0.636. The molecule has 430 valence electrons. The van der Waals surface area contributed by atoms with Gasteiger partial charge in [0.1, 0.15) is 0 Å². The Morgan fingerprint density at radius 1 is 0.220 bits per heavy atom. The van der Waals surface area contributed by atoms with Crippen molar-refractivity contribution in [3.63, 3.8) is 0 Å². The van der Waals surface area contributed by atoms with Crippen LogP contribution in [0.3, 0.4) is 0 Å². The van der Waals surface area contributed by atoms with Crippen molar-refractivity contribution in [2.24, 2.45) is 0 Å². The Balaban J connectivity index is 0.980. The van der Waals surface area contributed by atoms with E-state index in [0.717, 1.165) is 78.4 Å². The molecule has 4 aromatic heterocycles.